The lowest BCUT2D eigenvalue weighted by Gasteiger charge is -2.38. The molecule has 4 nitrogen and oxygen atoms in total. The van der Waals surface area contributed by atoms with Crippen LogP contribution >= 0.6 is 0 Å². The number of nitrogens with zero attached hydrogens (tertiary/aromatic N) is 1. The lowest BCUT2D eigenvalue weighted by Crippen LogP contribution is -2.48. The molecule has 3 aliphatic heterocycles. The van der Waals surface area contributed by atoms with Crippen molar-refractivity contribution in [1.82, 2.24) is 4.90 Å². The van der Waals surface area contributed by atoms with Crippen LogP contribution in [0.4, 0.5) is 0 Å². The number of rotatable bonds is 5. The average Bonchev–Trinajstić information content (AvgIpc) is 3.23. The Morgan fingerprint density at radius 3 is 2.55 bits per heavy atom. The minimum absolute atomic E-state index is 0.0305. The SMILES string of the molecule is COC(=O)C1CC2CCC(C1)N2CC1Cc2cc(Cc3ccccc3)ccc2O1. The van der Waals surface area contributed by atoms with Gasteiger partial charge in [0.05, 0.1) is 13.0 Å². The Labute approximate surface area is 172 Å². The van der Waals surface area contributed by atoms with E-state index in [0.717, 1.165) is 38.0 Å². The molecule has 0 spiro atoms. The number of carbonyl (C=O) groups excluding carboxylic acids is 1. The van der Waals surface area contributed by atoms with Crippen molar-refractivity contribution in [3.63, 3.8) is 0 Å². The maximum absolute atomic E-state index is 12.0. The summed E-state index contributed by atoms with van der Waals surface area (Å²) in [5.41, 5.74) is 4.02. The Bertz CT molecular complexity index is 867. The Morgan fingerprint density at radius 1 is 1.07 bits per heavy atom. The molecule has 0 saturated carbocycles. The van der Waals surface area contributed by atoms with Crippen LogP contribution in [0.3, 0.4) is 0 Å². The quantitative estimate of drug-likeness (QED) is 0.723. The van der Waals surface area contributed by atoms with Gasteiger partial charge < -0.3 is 9.47 Å². The minimum atomic E-state index is -0.0305. The van der Waals surface area contributed by atoms with Crippen LogP contribution in [0.1, 0.15) is 42.4 Å². The van der Waals surface area contributed by atoms with Crippen LogP contribution in [-0.2, 0) is 22.4 Å². The van der Waals surface area contributed by atoms with Crippen LogP contribution in [0.2, 0.25) is 0 Å². The maximum atomic E-state index is 12.0. The van der Waals surface area contributed by atoms with Crippen LogP contribution in [-0.4, -0.2) is 42.7 Å². The van der Waals surface area contributed by atoms with Gasteiger partial charge in [-0.3, -0.25) is 9.69 Å². The summed E-state index contributed by atoms with van der Waals surface area (Å²) in [6, 6.07) is 18.3. The fraction of sp³-hybridized carbons (Fsp3) is 0.480. The molecule has 2 aromatic rings. The molecule has 0 N–H and O–H groups in total. The van der Waals surface area contributed by atoms with Gasteiger partial charge in [0.15, 0.2) is 0 Å². The highest BCUT2D eigenvalue weighted by molar-refractivity contribution is 5.72. The van der Waals surface area contributed by atoms with Crippen molar-refractivity contribution in [1.29, 1.82) is 0 Å². The van der Waals surface area contributed by atoms with Gasteiger partial charge >= 0.3 is 5.97 Å². The molecule has 2 bridgehead atoms. The van der Waals surface area contributed by atoms with Crippen LogP contribution in [0, 0.1) is 5.92 Å². The number of methoxy groups -OCH3 is 1. The molecule has 0 aromatic heterocycles. The number of benzene rings is 2. The number of carbonyl (C=O) groups is 1. The maximum Gasteiger partial charge on any atom is 0.308 e. The molecule has 3 atom stereocenters. The Hall–Kier alpha value is -2.33. The van der Waals surface area contributed by atoms with Crippen molar-refractivity contribution in [3.05, 3.63) is 65.2 Å². The Balaban J connectivity index is 1.22. The van der Waals surface area contributed by atoms with Gasteiger partial charge in [0.25, 0.3) is 0 Å². The Kier molecular flexibility index (Phi) is 5.04. The zero-order valence-electron chi connectivity index (χ0n) is 17.0. The highest BCUT2D eigenvalue weighted by atomic mass is 16.5. The first-order chi connectivity index (χ1) is 14.2. The summed E-state index contributed by atoms with van der Waals surface area (Å²) in [5.74, 6) is 1.09. The van der Waals surface area contributed by atoms with Crippen molar-refractivity contribution in [2.75, 3.05) is 13.7 Å². The third-order valence-corrected chi connectivity index (χ3v) is 6.95. The van der Waals surface area contributed by atoms with E-state index in [9.17, 15) is 4.79 Å². The standard InChI is InChI=1S/C25H29NO3/c1-28-25(27)20-13-21-8-9-22(14-20)26(21)16-23-15-19-12-18(7-10-24(19)29-23)11-17-5-3-2-4-6-17/h2-7,10,12,20-23H,8-9,11,13-16H2,1H3. The van der Waals surface area contributed by atoms with E-state index in [1.54, 1.807) is 0 Å². The largest absolute Gasteiger partial charge is 0.488 e. The van der Waals surface area contributed by atoms with Gasteiger partial charge in [-0.05, 0) is 54.9 Å². The molecule has 152 valence electrons. The van der Waals surface area contributed by atoms with Gasteiger partial charge in [-0.25, -0.2) is 0 Å². The molecular formula is C25H29NO3. The first-order valence-corrected chi connectivity index (χ1v) is 10.9. The lowest BCUT2D eigenvalue weighted by molar-refractivity contribution is -0.148. The topological polar surface area (TPSA) is 38.8 Å². The fourth-order valence-electron chi connectivity index (χ4n) is 5.58. The van der Waals surface area contributed by atoms with Crippen molar-refractivity contribution in [2.45, 2.75) is 56.7 Å². The van der Waals surface area contributed by atoms with Gasteiger partial charge in [0, 0.05) is 25.0 Å². The van der Waals surface area contributed by atoms with Crippen LogP contribution in [0.15, 0.2) is 48.5 Å². The number of ether oxygens (including phenoxy) is 2. The first kappa shape index (κ1) is 18.7. The molecule has 3 aliphatic rings. The number of esters is 1. The predicted molar refractivity (Wildman–Crippen MR) is 112 cm³/mol. The highest BCUT2D eigenvalue weighted by Crippen LogP contribution is 2.40. The van der Waals surface area contributed by atoms with Gasteiger partial charge in [-0.15, -0.1) is 0 Å². The van der Waals surface area contributed by atoms with E-state index in [1.807, 2.05) is 0 Å². The normalized spacial score (nSPS) is 28.0. The molecule has 0 aliphatic carbocycles. The van der Waals surface area contributed by atoms with Gasteiger partial charge in [0.1, 0.15) is 11.9 Å². The lowest BCUT2D eigenvalue weighted by atomic mass is 9.90. The minimum Gasteiger partial charge on any atom is -0.488 e. The van der Waals surface area contributed by atoms with Gasteiger partial charge in [-0.2, -0.15) is 0 Å². The van der Waals surface area contributed by atoms with E-state index in [1.165, 1.54) is 36.6 Å². The predicted octanol–water partition coefficient (Wildman–Crippen LogP) is 4.00. The summed E-state index contributed by atoms with van der Waals surface area (Å²) < 4.78 is 11.3. The number of fused-ring (bicyclic) bond motifs is 3. The highest BCUT2D eigenvalue weighted by Gasteiger charge is 2.44. The molecule has 2 fully saturated rings. The second kappa shape index (κ2) is 7.83. The molecule has 4 heteroatoms. The second-order valence-corrected chi connectivity index (χ2v) is 8.82. The third-order valence-electron chi connectivity index (χ3n) is 6.95. The van der Waals surface area contributed by atoms with Crippen molar-refractivity contribution >= 4 is 5.97 Å². The third kappa shape index (κ3) is 3.78. The van der Waals surface area contributed by atoms with E-state index in [2.05, 4.69) is 53.4 Å². The summed E-state index contributed by atoms with van der Waals surface area (Å²) in [6.45, 7) is 0.964. The summed E-state index contributed by atoms with van der Waals surface area (Å²) in [5, 5.41) is 0. The molecule has 0 amide bonds. The first-order valence-electron chi connectivity index (χ1n) is 10.9. The molecule has 5 rings (SSSR count). The van der Waals surface area contributed by atoms with Gasteiger partial charge in [-0.1, -0.05) is 42.5 Å². The molecule has 2 aromatic carbocycles. The number of hydrogen-bond acceptors (Lipinski definition) is 4. The van der Waals surface area contributed by atoms with E-state index >= 15 is 0 Å². The van der Waals surface area contributed by atoms with Crippen LogP contribution in [0.5, 0.6) is 5.75 Å². The molecular weight excluding hydrogens is 362 g/mol. The molecule has 3 unspecified atom stereocenters. The smallest absolute Gasteiger partial charge is 0.308 e. The second-order valence-electron chi connectivity index (χ2n) is 8.82. The summed E-state index contributed by atoms with van der Waals surface area (Å²) in [6.07, 6.45) is 6.42. The molecule has 2 saturated heterocycles. The van der Waals surface area contributed by atoms with Gasteiger partial charge in [0.2, 0.25) is 0 Å². The Morgan fingerprint density at radius 2 is 1.83 bits per heavy atom. The number of piperidine rings is 1. The van der Waals surface area contributed by atoms with Crippen LogP contribution in [0.25, 0.3) is 0 Å². The summed E-state index contributed by atoms with van der Waals surface area (Å²) in [7, 11) is 1.51. The summed E-state index contributed by atoms with van der Waals surface area (Å²) >= 11 is 0. The van der Waals surface area contributed by atoms with E-state index < -0.39 is 0 Å². The molecule has 3 heterocycles. The van der Waals surface area contributed by atoms with E-state index in [-0.39, 0.29) is 18.0 Å². The average molecular weight is 392 g/mol. The number of hydrogen-bond donors (Lipinski definition) is 0. The van der Waals surface area contributed by atoms with Crippen molar-refractivity contribution in [2.24, 2.45) is 5.92 Å². The zero-order chi connectivity index (χ0) is 19.8. The monoisotopic (exact) mass is 391 g/mol. The van der Waals surface area contributed by atoms with E-state index in [0.29, 0.717) is 12.1 Å². The fourth-order valence-corrected chi connectivity index (χ4v) is 5.58. The van der Waals surface area contributed by atoms with Crippen LogP contribution < -0.4 is 4.74 Å². The molecule has 0 radical (unpaired) electrons. The van der Waals surface area contributed by atoms with E-state index in [4.69, 9.17) is 9.47 Å². The molecule has 29 heavy (non-hydrogen) atoms. The summed E-state index contributed by atoms with van der Waals surface area (Å²) in [4.78, 5) is 14.6. The van der Waals surface area contributed by atoms with Crippen molar-refractivity contribution in [3.8, 4) is 5.75 Å². The van der Waals surface area contributed by atoms with Crippen molar-refractivity contribution < 1.29 is 14.3 Å². The zero-order valence-corrected chi connectivity index (χ0v) is 17.0.